The van der Waals surface area contributed by atoms with Gasteiger partial charge >= 0.3 is 6.09 Å². The minimum atomic E-state index is -0.618. The van der Waals surface area contributed by atoms with E-state index >= 15 is 0 Å². The molecular formula is C34H46N10O3S. The van der Waals surface area contributed by atoms with Crippen LogP contribution in [0.15, 0.2) is 10.6 Å². The van der Waals surface area contributed by atoms with E-state index in [9.17, 15) is 10.1 Å². The molecule has 3 aromatic rings. The second-order valence-electron chi connectivity index (χ2n) is 15.4. The predicted molar refractivity (Wildman–Crippen MR) is 184 cm³/mol. The third-order valence-electron chi connectivity index (χ3n) is 10.4. The summed E-state index contributed by atoms with van der Waals surface area (Å²) < 4.78 is 11.7. The summed E-state index contributed by atoms with van der Waals surface area (Å²) in [7, 11) is 2.15. The molecule has 3 fully saturated rings. The Kier molecular flexibility index (Phi) is 8.06. The van der Waals surface area contributed by atoms with Crippen molar-refractivity contribution >= 4 is 34.2 Å². The average molecular weight is 675 g/mol. The lowest BCUT2D eigenvalue weighted by molar-refractivity contribution is 0.0265. The van der Waals surface area contributed by atoms with E-state index in [0.29, 0.717) is 47.0 Å². The molecule has 0 unspecified atom stereocenters. The number of anilines is 3. The molecule has 1 spiro atoms. The Morgan fingerprint density at radius 1 is 1.15 bits per heavy atom. The monoisotopic (exact) mass is 674 g/mol. The Labute approximate surface area is 286 Å². The second-order valence-corrected chi connectivity index (χ2v) is 16.6. The molecule has 4 aliphatic rings. The van der Waals surface area contributed by atoms with Crippen molar-refractivity contribution in [3.8, 4) is 17.6 Å². The highest BCUT2D eigenvalue weighted by molar-refractivity contribution is 7.16. The van der Waals surface area contributed by atoms with E-state index < -0.39 is 11.0 Å². The number of rotatable bonds is 4. The van der Waals surface area contributed by atoms with Crippen molar-refractivity contribution in [1.29, 1.82) is 5.26 Å². The van der Waals surface area contributed by atoms with Gasteiger partial charge in [0, 0.05) is 67.2 Å². The zero-order valence-electron chi connectivity index (χ0n) is 28.9. The smallest absolute Gasteiger partial charge is 0.410 e. The first-order valence-corrected chi connectivity index (χ1v) is 17.8. The number of thiophene rings is 1. The van der Waals surface area contributed by atoms with Crippen molar-refractivity contribution in [3.63, 3.8) is 0 Å². The molecule has 0 aromatic carbocycles. The number of fused-ring (bicyclic) bond motifs is 1. The quantitative estimate of drug-likeness (QED) is 0.409. The van der Waals surface area contributed by atoms with Crippen molar-refractivity contribution in [1.82, 2.24) is 29.9 Å². The van der Waals surface area contributed by atoms with Gasteiger partial charge in [-0.1, -0.05) is 5.16 Å². The van der Waals surface area contributed by atoms with Crippen LogP contribution in [0, 0.1) is 16.7 Å². The molecular weight excluding hydrogens is 629 g/mol. The lowest BCUT2D eigenvalue weighted by Crippen LogP contribution is -2.58. The number of nitrogens with two attached hydrogens (primary N) is 1. The molecule has 2 atom stereocenters. The number of likely N-dealkylation sites (tertiary alicyclic amines) is 1. The number of likely N-dealkylation sites (N-methyl/N-ethyl adjacent to an activating group) is 1. The van der Waals surface area contributed by atoms with Gasteiger partial charge in [0.15, 0.2) is 0 Å². The summed E-state index contributed by atoms with van der Waals surface area (Å²) in [6, 6.07) is 4.50. The highest BCUT2D eigenvalue weighted by atomic mass is 32.1. The number of amides is 1. The topological polar surface area (TPSA) is 154 Å². The summed E-state index contributed by atoms with van der Waals surface area (Å²) in [5.41, 5.74) is 7.18. The first-order chi connectivity index (χ1) is 22.8. The Morgan fingerprint density at radius 2 is 1.94 bits per heavy atom. The molecule has 6 heterocycles. The fourth-order valence-electron chi connectivity index (χ4n) is 7.96. The van der Waals surface area contributed by atoms with Gasteiger partial charge in [-0.05, 0) is 80.3 Å². The van der Waals surface area contributed by atoms with Crippen LogP contribution in [0.1, 0.15) is 82.2 Å². The van der Waals surface area contributed by atoms with Crippen LogP contribution in [-0.4, -0.2) is 101 Å². The van der Waals surface area contributed by atoms with Crippen LogP contribution < -0.4 is 15.5 Å². The summed E-state index contributed by atoms with van der Waals surface area (Å²) in [5.74, 6) is 2.34. The van der Waals surface area contributed by atoms with Crippen LogP contribution in [0.5, 0.6) is 0 Å². The number of carbonyl (C=O) groups excluding carboxylic acids is 1. The van der Waals surface area contributed by atoms with E-state index in [-0.39, 0.29) is 17.6 Å². The molecule has 14 heteroatoms. The second kappa shape index (κ2) is 11.9. The third-order valence-corrected chi connectivity index (χ3v) is 11.4. The van der Waals surface area contributed by atoms with Crippen LogP contribution in [0.2, 0.25) is 0 Å². The highest BCUT2D eigenvalue weighted by Gasteiger charge is 2.50. The third kappa shape index (κ3) is 5.85. The van der Waals surface area contributed by atoms with Gasteiger partial charge in [-0.25, -0.2) is 9.78 Å². The van der Waals surface area contributed by atoms with Gasteiger partial charge in [-0.3, -0.25) is 0 Å². The van der Waals surface area contributed by atoms with E-state index in [4.69, 9.17) is 29.9 Å². The summed E-state index contributed by atoms with van der Waals surface area (Å²) in [5, 5.41) is 15.0. The summed E-state index contributed by atoms with van der Waals surface area (Å²) in [6.07, 6.45) is 4.30. The first-order valence-electron chi connectivity index (χ1n) is 17.0. The Bertz CT molecular complexity index is 1750. The van der Waals surface area contributed by atoms with Crippen molar-refractivity contribution in [2.24, 2.45) is 5.41 Å². The standard InChI is InChI=1S/C34H46N10O3S/c1-21-17-41(6)12-8-13-44(21)30-37-23(15-25(38-30)43-19-34(20-43)11-14-42(18-34)31(45)46-32(2,3)4)28-39-29(47-40-28)33(5)10-7-9-24-26(33)22(16-35)27(36)48-24/h15,21H,7-14,17-20,36H2,1-6H3/t21-,33-/m0/s1. The van der Waals surface area contributed by atoms with Gasteiger partial charge in [0.2, 0.25) is 17.7 Å². The van der Waals surface area contributed by atoms with Gasteiger partial charge in [0.25, 0.3) is 0 Å². The maximum absolute atomic E-state index is 12.8. The van der Waals surface area contributed by atoms with Crippen LogP contribution in [0.25, 0.3) is 11.5 Å². The van der Waals surface area contributed by atoms with Crippen molar-refractivity contribution in [2.75, 3.05) is 68.4 Å². The first kappa shape index (κ1) is 32.6. The number of hydrogen-bond donors (Lipinski definition) is 1. The number of aryl methyl sites for hydroxylation is 1. The van der Waals surface area contributed by atoms with Crippen LogP contribution in [-0.2, 0) is 16.6 Å². The number of carbonyl (C=O) groups is 1. The molecule has 48 heavy (non-hydrogen) atoms. The normalized spacial score (nSPS) is 24.3. The number of hydrogen-bond acceptors (Lipinski definition) is 13. The Balaban J connectivity index is 1.20. The molecule has 1 aliphatic carbocycles. The van der Waals surface area contributed by atoms with Crippen molar-refractivity contribution in [2.45, 2.75) is 83.8 Å². The van der Waals surface area contributed by atoms with E-state index in [2.05, 4.69) is 46.8 Å². The molecule has 7 rings (SSSR count). The molecule has 3 aliphatic heterocycles. The molecule has 13 nitrogen and oxygen atoms in total. The Morgan fingerprint density at radius 3 is 2.69 bits per heavy atom. The van der Waals surface area contributed by atoms with Gasteiger partial charge < -0.3 is 34.6 Å². The van der Waals surface area contributed by atoms with Crippen LogP contribution >= 0.6 is 11.3 Å². The largest absolute Gasteiger partial charge is 0.444 e. The molecule has 0 saturated carbocycles. The van der Waals surface area contributed by atoms with E-state index in [1.807, 2.05) is 31.7 Å². The van der Waals surface area contributed by atoms with Crippen molar-refractivity contribution in [3.05, 3.63) is 28.0 Å². The SMILES string of the molecule is C[C@H]1CN(C)CCCN1c1nc(-c2noc([C@@]3(C)CCCc4sc(N)c(C#N)c43)n2)cc(N2CC3(CCN(C(=O)OC(C)(C)C)C3)C2)n1. The van der Waals surface area contributed by atoms with Gasteiger partial charge in [-0.2, -0.15) is 15.2 Å². The fourth-order valence-corrected chi connectivity index (χ4v) is 9.15. The number of nitrogen functional groups attached to an aromatic ring is 1. The van der Waals surface area contributed by atoms with Crippen molar-refractivity contribution < 1.29 is 14.1 Å². The van der Waals surface area contributed by atoms with Gasteiger partial charge in [0.1, 0.15) is 28.2 Å². The minimum Gasteiger partial charge on any atom is -0.444 e. The molecule has 3 aromatic heterocycles. The number of nitrogens with zero attached hydrogens (tertiary/aromatic N) is 9. The van der Waals surface area contributed by atoms with E-state index in [1.54, 1.807) is 0 Å². The average Bonchev–Trinajstić information content (AvgIpc) is 3.73. The summed E-state index contributed by atoms with van der Waals surface area (Å²) in [6.45, 7) is 15.7. The van der Waals surface area contributed by atoms with Crippen LogP contribution in [0.4, 0.5) is 21.6 Å². The molecule has 0 radical (unpaired) electrons. The maximum atomic E-state index is 12.8. The molecule has 2 N–H and O–H groups in total. The van der Waals surface area contributed by atoms with E-state index in [1.165, 1.54) is 11.3 Å². The van der Waals surface area contributed by atoms with Crippen LogP contribution in [0.3, 0.4) is 0 Å². The molecule has 256 valence electrons. The fraction of sp³-hybridized carbons (Fsp3) is 0.647. The lowest BCUT2D eigenvalue weighted by Gasteiger charge is -2.48. The van der Waals surface area contributed by atoms with E-state index in [0.717, 1.165) is 81.1 Å². The molecule has 3 saturated heterocycles. The number of nitriles is 1. The predicted octanol–water partition coefficient (Wildman–Crippen LogP) is 4.66. The summed E-state index contributed by atoms with van der Waals surface area (Å²) >= 11 is 1.49. The lowest BCUT2D eigenvalue weighted by atomic mass is 9.72. The molecule has 1 amide bonds. The Hall–Kier alpha value is -3.96. The zero-order chi connectivity index (χ0) is 34.0. The summed E-state index contributed by atoms with van der Waals surface area (Å²) in [4.78, 5) is 37.8. The van der Waals surface area contributed by atoms with Gasteiger partial charge in [0.05, 0.1) is 11.0 Å². The highest BCUT2D eigenvalue weighted by Crippen LogP contribution is 2.49. The maximum Gasteiger partial charge on any atom is 0.410 e. The number of ether oxygens (including phenoxy) is 1. The zero-order valence-corrected chi connectivity index (χ0v) is 29.7. The minimum absolute atomic E-state index is 0.00814. The van der Waals surface area contributed by atoms with Gasteiger partial charge in [-0.15, -0.1) is 11.3 Å². The number of aromatic nitrogens is 4. The molecule has 0 bridgehead atoms.